The Kier molecular flexibility index (Phi) is 5.40. The van der Waals surface area contributed by atoms with Gasteiger partial charge in [-0.3, -0.25) is 4.79 Å². The predicted molar refractivity (Wildman–Crippen MR) is 78.2 cm³/mol. The van der Waals surface area contributed by atoms with Crippen LogP contribution in [0.2, 0.25) is 0 Å². The molecule has 0 saturated heterocycles. The molecule has 2 aromatic rings. The standard InChI is InChI=1S/C16H19NO4/c1-2-20-14-7-4-3-6-12(14)16(19)17-10-9-13(18)15-8-5-11-21-15/h3-8,11,13,18H,2,9-10H2,1H3,(H,17,19). The molecule has 0 aliphatic heterocycles. The number of rotatable bonds is 7. The Morgan fingerprint density at radius 2 is 2.14 bits per heavy atom. The molecule has 1 amide bonds. The number of carbonyl (C=O) groups excluding carboxylic acids is 1. The molecule has 2 N–H and O–H groups in total. The molecular weight excluding hydrogens is 270 g/mol. The molecule has 0 saturated carbocycles. The summed E-state index contributed by atoms with van der Waals surface area (Å²) in [5.41, 5.74) is 0.492. The molecule has 0 fully saturated rings. The first-order valence-corrected chi connectivity index (χ1v) is 6.94. The molecule has 0 radical (unpaired) electrons. The summed E-state index contributed by atoms with van der Waals surface area (Å²) in [5.74, 6) is 0.841. The van der Waals surface area contributed by atoms with E-state index in [1.807, 2.05) is 13.0 Å². The molecule has 1 aromatic heterocycles. The second kappa shape index (κ2) is 7.50. The predicted octanol–water partition coefficient (Wildman–Crippen LogP) is 2.53. The zero-order valence-corrected chi connectivity index (χ0v) is 11.9. The monoisotopic (exact) mass is 289 g/mol. The van der Waals surface area contributed by atoms with Gasteiger partial charge in [-0.25, -0.2) is 0 Å². The molecule has 0 bridgehead atoms. The Balaban J connectivity index is 1.87. The molecule has 1 atom stereocenters. The quantitative estimate of drug-likeness (QED) is 0.821. The van der Waals surface area contributed by atoms with E-state index in [0.29, 0.717) is 36.6 Å². The minimum Gasteiger partial charge on any atom is -0.493 e. The molecule has 0 aliphatic rings. The smallest absolute Gasteiger partial charge is 0.255 e. The molecule has 21 heavy (non-hydrogen) atoms. The van der Waals surface area contributed by atoms with Crippen LogP contribution in [0.3, 0.4) is 0 Å². The van der Waals surface area contributed by atoms with Gasteiger partial charge in [-0.2, -0.15) is 0 Å². The fraction of sp³-hybridized carbons (Fsp3) is 0.312. The van der Waals surface area contributed by atoms with Crippen molar-refractivity contribution in [1.82, 2.24) is 5.32 Å². The summed E-state index contributed by atoms with van der Waals surface area (Å²) in [6, 6.07) is 10.5. The number of aliphatic hydroxyl groups is 1. The Labute approximate surface area is 123 Å². The van der Waals surface area contributed by atoms with Crippen LogP contribution in [0.15, 0.2) is 47.1 Å². The van der Waals surface area contributed by atoms with Crippen LogP contribution in [-0.4, -0.2) is 24.2 Å². The van der Waals surface area contributed by atoms with E-state index in [4.69, 9.17) is 9.15 Å². The van der Waals surface area contributed by atoms with E-state index in [9.17, 15) is 9.90 Å². The van der Waals surface area contributed by atoms with Crippen LogP contribution in [0.1, 0.15) is 35.6 Å². The minimum atomic E-state index is -0.720. The van der Waals surface area contributed by atoms with Gasteiger partial charge in [0.2, 0.25) is 0 Å². The van der Waals surface area contributed by atoms with Crippen molar-refractivity contribution in [1.29, 1.82) is 0 Å². The van der Waals surface area contributed by atoms with Gasteiger partial charge >= 0.3 is 0 Å². The first-order valence-electron chi connectivity index (χ1n) is 6.94. The lowest BCUT2D eigenvalue weighted by atomic mass is 10.1. The molecule has 1 unspecified atom stereocenters. The van der Waals surface area contributed by atoms with Crippen LogP contribution in [0.5, 0.6) is 5.75 Å². The van der Waals surface area contributed by atoms with Gasteiger partial charge < -0.3 is 19.6 Å². The second-order valence-electron chi connectivity index (χ2n) is 4.50. The molecule has 1 heterocycles. The highest BCUT2D eigenvalue weighted by atomic mass is 16.5. The van der Waals surface area contributed by atoms with Crippen molar-refractivity contribution >= 4 is 5.91 Å². The number of aliphatic hydroxyl groups excluding tert-OH is 1. The Bertz CT molecular complexity index is 565. The molecule has 2 rings (SSSR count). The highest BCUT2D eigenvalue weighted by molar-refractivity contribution is 5.96. The Morgan fingerprint density at radius 3 is 2.86 bits per heavy atom. The largest absolute Gasteiger partial charge is 0.493 e. The Hall–Kier alpha value is -2.27. The fourth-order valence-electron chi connectivity index (χ4n) is 1.98. The number of nitrogens with one attached hydrogen (secondary N) is 1. The first kappa shape index (κ1) is 15.1. The maximum Gasteiger partial charge on any atom is 0.255 e. The molecule has 1 aromatic carbocycles. The van der Waals surface area contributed by atoms with E-state index >= 15 is 0 Å². The van der Waals surface area contributed by atoms with Crippen molar-refractivity contribution < 1.29 is 19.1 Å². The molecule has 112 valence electrons. The number of ether oxygens (including phenoxy) is 1. The van der Waals surface area contributed by atoms with E-state index in [-0.39, 0.29) is 5.91 Å². The molecular formula is C16H19NO4. The van der Waals surface area contributed by atoms with Gasteiger partial charge in [0.1, 0.15) is 17.6 Å². The van der Waals surface area contributed by atoms with Crippen LogP contribution in [0, 0.1) is 0 Å². The SMILES string of the molecule is CCOc1ccccc1C(=O)NCCC(O)c1ccco1. The van der Waals surface area contributed by atoms with Gasteiger partial charge in [0.15, 0.2) is 0 Å². The summed E-state index contributed by atoms with van der Waals surface area (Å²) in [4.78, 5) is 12.1. The van der Waals surface area contributed by atoms with Crippen molar-refractivity contribution in [2.24, 2.45) is 0 Å². The highest BCUT2D eigenvalue weighted by Crippen LogP contribution is 2.18. The van der Waals surface area contributed by atoms with E-state index in [1.54, 1.807) is 30.3 Å². The number of furan rings is 1. The highest BCUT2D eigenvalue weighted by Gasteiger charge is 2.13. The summed E-state index contributed by atoms with van der Waals surface area (Å²) in [7, 11) is 0. The minimum absolute atomic E-state index is 0.217. The van der Waals surface area contributed by atoms with E-state index < -0.39 is 6.10 Å². The van der Waals surface area contributed by atoms with Gasteiger partial charge in [-0.1, -0.05) is 12.1 Å². The van der Waals surface area contributed by atoms with Gasteiger partial charge in [-0.15, -0.1) is 0 Å². The van der Waals surface area contributed by atoms with Crippen molar-refractivity contribution in [2.75, 3.05) is 13.2 Å². The number of amides is 1. The average Bonchev–Trinajstić information content (AvgIpc) is 3.02. The molecule has 5 heteroatoms. The van der Waals surface area contributed by atoms with Crippen LogP contribution >= 0.6 is 0 Å². The van der Waals surface area contributed by atoms with E-state index in [0.717, 1.165) is 0 Å². The topological polar surface area (TPSA) is 71.7 Å². The fourth-order valence-corrected chi connectivity index (χ4v) is 1.98. The second-order valence-corrected chi connectivity index (χ2v) is 4.50. The maximum atomic E-state index is 12.1. The van der Waals surface area contributed by atoms with E-state index in [2.05, 4.69) is 5.32 Å². The normalized spacial score (nSPS) is 11.9. The van der Waals surface area contributed by atoms with Crippen LogP contribution in [-0.2, 0) is 0 Å². The van der Waals surface area contributed by atoms with Crippen molar-refractivity contribution in [3.63, 3.8) is 0 Å². The van der Waals surface area contributed by atoms with Gasteiger partial charge in [0.05, 0.1) is 18.4 Å². The molecule has 0 spiro atoms. The van der Waals surface area contributed by atoms with Crippen molar-refractivity contribution in [3.05, 3.63) is 54.0 Å². The van der Waals surface area contributed by atoms with Crippen LogP contribution in [0.25, 0.3) is 0 Å². The third-order valence-electron chi connectivity index (χ3n) is 3.01. The van der Waals surface area contributed by atoms with E-state index in [1.165, 1.54) is 6.26 Å². The maximum absolute atomic E-state index is 12.1. The van der Waals surface area contributed by atoms with Crippen LogP contribution < -0.4 is 10.1 Å². The third-order valence-corrected chi connectivity index (χ3v) is 3.01. The molecule has 0 aliphatic carbocycles. The zero-order valence-electron chi connectivity index (χ0n) is 11.9. The van der Waals surface area contributed by atoms with Gasteiger partial charge in [-0.05, 0) is 37.6 Å². The lowest BCUT2D eigenvalue weighted by Crippen LogP contribution is -2.26. The third kappa shape index (κ3) is 4.10. The summed E-state index contributed by atoms with van der Waals surface area (Å²) < 4.78 is 10.5. The summed E-state index contributed by atoms with van der Waals surface area (Å²) in [5, 5.41) is 12.6. The molecule has 5 nitrogen and oxygen atoms in total. The van der Waals surface area contributed by atoms with Crippen molar-refractivity contribution in [2.45, 2.75) is 19.4 Å². The summed E-state index contributed by atoms with van der Waals surface area (Å²) in [6.07, 6.45) is 1.17. The van der Waals surface area contributed by atoms with Crippen LogP contribution in [0.4, 0.5) is 0 Å². The Morgan fingerprint density at radius 1 is 1.33 bits per heavy atom. The number of carbonyl (C=O) groups is 1. The summed E-state index contributed by atoms with van der Waals surface area (Å²) >= 11 is 0. The number of benzene rings is 1. The lowest BCUT2D eigenvalue weighted by molar-refractivity contribution is 0.0932. The summed E-state index contributed by atoms with van der Waals surface area (Å²) in [6.45, 7) is 2.72. The number of hydrogen-bond acceptors (Lipinski definition) is 4. The van der Waals surface area contributed by atoms with Gasteiger partial charge in [0.25, 0.3) is 5.91 Å². The lowest BCUT2D eigenvalue weighted by Gasteiger charge is -2.11. The van der Waals surface area contributed by atoms with Gasteiger partial charge in [0, 0.05) is 6.54 Å². The number of hydrogen-bond donors (Lipinski definition) is 2. The first-order chi connectivity index (χ1) is 10.2. The zero-order chi connectivity index (χ0) is 15.1. The number of para-hydroxylation sites is 1. The van der Waals surface area contributed by atoms with Crippen molar-refractivity contribution in [3.8, 4) is 5.75 Å². The average molecular weight is 289 g/mol.